The molecule has 0 aliphatic carbocycles. The number of aromatic nitrogens is 3. The van der Waals surface area contributed by atoms with Gasteiger partial charge in [-0.2, -0.15) is 0 Å². The summed E-state index contributed by atoms with van der Waals surface area (Å²) in [5.41, 5.74) is 11.1. The molecule has 0 atom stereocenters. The molecule has 5 nitrogen and oxygen atoms in total. The first-order valence-corrected chi connectivity index (χ1v) is 17.1. The number of benzene rings is 7. The molecule has 0 unspecified atom stereocenters. The molecule has 0 radical (unpaired) electrons. The Kier molecular flexibility index (Phi) is 5.89. The number of hydrogen-bond donors (Lipinski definition) is 0. The average Bonchev–Trinajstić information content (AvgIpc) is 3.88. The Labute approximate surface area is 291 Å². The van der Waals surface area contributed by atoms with Gasteiger partial charge in [-0.3, -0.25) is 0 Å². The Balaban J connectivity index is 1.18. The van der Waals surface area contributed by atoms with E-state index in [1.807, 2.05) is 48.5 Å². The van der Waals surface area contributed by atoms with Crippen LogP contribution in [-0.2, 0) is 0 Å². The number of rotatable bonds is 4. The third kappa shape index (κ3) is 4.22. The first kappa shape index (κ1) is 27.9. The number of para-hydroxylation sites is 4. The second-order valence-electron chi connectivity index (χ2n) is 12.9. The largest absolute Gasteiger partial charge is 0.456 e. The van der Waals surface area contributed by atoms with Gasteiger partial charge in [-0.25, -0.2) is 9.97 Å². The monoisotopic (exact) mass is 653 g/mol. The fourth-order valence-electron chi connectivity index (χ4n) is 7.68. The van der Waals surface area contributed by atoms with Gasteiger partial charge in [-0.1, -0.05) is 103 Å². The molecule has 0 aliphatic rings. The lowest BCUT2D eigenvalue weighted by Gasteiger charge is -2.10. The number of nitrogens with zero attached hydrogens (tertiary/aromatic N) is 3. The first-order valence-electron chi connectivity index (χ1n) is 17.1. The maximum absolute atomic E-state index is 7.02. The minimum Gasteiger partial charge on any atom is -0.456 e. The van der Waals surface area contributed by atoms with Gasteiger partial charge < -0.3 is 13.4 Å². The molecule has 4 aromatic heterocycles. The van der Waals surface area contributed by atoms with E-state index < -0.39 is 0 Å². The van der Waals surface area contributed by atoms with Gasteiger partial charge in [0.05, 0.1) is 28.0 Å². The zero-order valence-corrected chi connectivity index (χ0v) is 27.2. The van der Waals surface area contributed by atoms with Gasteiger partial charge in [0.1, 0.15) is 16.7 Å². The van der Waals surface area contributed by atoms with Gasteiger partial charge in [0, 0.05) is 49.1 Å². The molecule has 0 amide bonds. The maximum atomic E-state index is 7.02. The van der Waals surface area contributed by atoms with Crippen LogP contribution >= 0.6 is 0 Å². The predicted octanol–water partition coefficient (Wildman–Crippen LogP) is 12.4. The normalized spacial score (nSPS) is 11.9. The molecule has 7 aromatic carbocycles. The van der Waals surface area contributed by atoms with E-state index in [2.05, 4.69) is 120 Å². The molecule has 238 valence electrons. The van der Waals surface area contributed by atoms with Crippen LogP contribution in [0.3, 0.4) is 0 Å². The van der Waals surface area contributed by atoms with Crippen LogP contribution in [0.2, 0.25) is 0 Å². The van der Waals surface area contributed by atoms with Crippen molar-refractivity contribution in [1.29, 1.82) is 0 Å². The summed E-state index contributed by atoms with van der Waals surface area (Å²) in [5.74, 6) is 0.605. The molecule has 0 aliphatic heterocycles. The predicted molar refractivity (Wildman–Crippen MR) is 207 cm³/mol. The highest BCUT2D eigenvalue weighted by Gasteiger charge is 2.22. The molecule has 11 aromatic rings. The first-order chi connectivity index (χ1) is 25.3. The van der Waals surface area contributed by atoms with Crippen molar-refractivity contribution < 1.29 is 8.83 Å². The van der Waals surface area contributed by atoms with E-state index >= 15 is 0 Å². The Morgan fingerprint density at radius 3 is 1.94 bits per heavy atom. The summed E-state index contributed by atoms with van der Waals surface area (Å²) in [6, 6.07) is 56.5. The Morgan fingerprint density at radius 2 is 1.08 bits per heavy atom. The zero-order chi connectivity index (χ0) is 33.5. The highest BCUT2D eigenvalue weighted by atomic mass is 16.3. The van der Waals surface area contributed by atoms with Gasteiger partial charge in [0.2, 0.25) is 0 Å². The minimum atomic E-state index is 0.605. The van der Waals surface area contributed by atoms with E-state index in [0.717, 1.165) is 94.1 Å². The van der Waals surface area contributed by atoms with E-state index in [1.165, 1.54) is 5.39 Å². The lowest BCUT2D eigenvalue weighted by molar-refractivity contribution is 0.669. The van der Waals surface area contributed by atoms with Crippen molar-refractivity contribution >= 4 is 65.7 Å². The van der Waals surface area contributed by atoms with Gasteiger partial charge in [0.15, 0.2) is 11.4 Å². The van der Waals surface area contributed by atoms with Gasteiger partial charge >= 0.3 is 0 Å². The third-order valence-corrected chi connectivity index (χ3v) is 10.0. The number of hydrogen-bond acceptors (Lipinski definition) is 4. The number of fused-ring (bicyclic) bond motifs is 10. The number of furan rings is 2. The molecule has 0 saturated heterocycles. The Bertz CT molecular complexity index is 3130. The van der Waals surface area contributed by atoms with Crippen molar-refractivity contribution in [3.8, 4) is 39.6 Å². The van der Waals surface area contributed by atoms with Crippen LogP contribution in [0.5, 0.6) is 0 Å². The van der Waals surface area contributed by atoms with Crippen LogP contribution in [0.1, 0.15) is 0 Å². The zero-order valence-electron chi connectivity index (χ0n) is 27.2. The quantitative estimate of drug-likeness (QED) is 0.190. The van der Waals surface area contributed by atoms with Crippen molar-refractivity contribution in [2.24, 2.45) is 0 Å². The van der Waals surface area contributed by atoms with Crippen molar-refractivity contribution in [1.82, 2.24) is 14.5 Å². The standard InChI is InChI=1S/C46H27N3O2/c1-3-12-28(13-4-1)38-27-39(29-22-25-42-37(26-29)32-17-8-10-21-41(32)50-42)48-46(47-38)36-19-11-18-34-35-24-23-33-31-16-7-9-20-40(31)49(30-14-5-2-6-15-30)43(33)45(35)51-44(34)36/h1-27H. The molecule has 0 fully saturated rings. The summed E-state index contributed by atoms with van der Waals surface area (Å²) in [6.07, 6.45) is 0. The van der Waals surface area contributed by atoms with Gasteiger partial charge in [-0.05, 0) is 60.7 Å². The van der Waals surface area contributed by atoms with Crippen LogP contribution in [0.4, 0.5) is 0 Å². The fourth-order valence-corrected chi connectivity index (χ4v) is 7.68. The van der Waals surface area contributed by atoms with Crippen molar-refractivity contribution in [2.75, 3.05) is 0 Å². The van der Waals surface area contributed by atoms with E-state index in [4.69, 9.17) is 18.8 Å². The molecule has 5 heteroatoms. The molecular weight excluding hydrogens is 627 g/mol. The van der Waals surface area contributed by atoms with Gasteiger partial charge in [0.25, 0.3) is 0 Å². The summed E-state index contributed by atoms with van der Waals surface area (Å²) in [6.45, 7) is 0. The molecular formula is C46H27N3O2. The van der Waals surface area contributed by atoms with E-state index in [0.29, 0.717) is 5.82 Å². The molecule has 51 heavy (non-hydrogen) atoms. The smallest absolute Gasteiger partial charge is 0.164 e. The molecule has 0 saturated carbocycles. The lowest BCUT2D eigenvalue weighted by Crippen LogP contribution is -1.96. The topological polar surface area (TPSA) is 57.0 Å². The summed E-state index contributed by atoms with van der Waals surface area (Å²) in [7, 11) is 0. The van der Waals surface area contributed by atoms with Crippen molar-refractivity contribution in [2.45, 2.75) is 0 Å². The van der Waals surface area contributed by atoms with Crippen LogP contribution in [-0.4, -0.2) is 14.5 Å². The van der Waals surface area contributed by atoms with Crippen LogP contribution in [0, 0.1) is 0 Å². The van der Waals surface area contributed by atoms with E-state index in [-0.39, 0.29) is 0 Å². The lowest BCUT2D eigenvalue weighted by atomic mass is 10.0. The SMILES string of the molecule is c1ccc(-c2cc(-c3ccc4oc5ccccc5c4c3)nc(-c3cccc4c3oc3c4ccc4c5ccccc5n(-c5ccccc5)c43)n2)cc1. The Hall–Kier alpha value is -6.98. The third-order valence-electron chi connectivity index (χ3n) is 10.0. The van der Waals surface area contributed by atoms with E-state index in [9.17, 15) is 0 Å². The molecule has 0 spiro atoms. The summed E-state index contributed by atoms with van der Waals surface area (Å²) < 4.78 is 15.5. The van der Waals surface area contributed by atoms with E-state index in [1.54, 1.807) is 0 Å². The van der Waals surface area contributed by atoms with Crippen LogP contribution in [0.25, 0.3) is 105 Å². The molecule has 4 heterocycles. The molecule has 11 rings (SSSR count). The van der Waals surface area contributed by atoms with Crippen molar-refractivity contribution in [3.05, 3.63) is 164 Å². The molecule has 0 N–H and O–H groups in total. The second-order valence-corrected chi connectivity index (χ2v) is 12.9. The van der Waals surface area contributed by atoms with Crippen LogP contribution in [0.15, 0.2) is 173 Å². The summed E-state index contributed by atoms with van der Waals surface area (Å²) in [4.78, 5) is 10.4. The fraction of sp³-hybridized carbons (Fsp3) is 0. The summed E-state index contributed by atoms with van der Waals surface area (Å²) >= 11 is 0. The van der Waals surface area contributed by atoms with Crippen molar-refractivity contribution in [3.63, 3.8) is 0 Å². The highest BCUT2D eigenvalue weighted by molar-refractivity contribution is 6.22. The minimum absolute atomic E-state index is 0.605. The second kappa shape index (κ2) is 10.8. The Morgan fingerprint density at radius 1 is 0.412 bits per heavy atom. The maximum Gasteiger partial charge on any atom is 0.164 e. The average molecular weight is 654 g/mol. The van der Waals surface area contributed by atoms with Gasteiger partial charge in [-0.15, -0.1) is 0 Å². The van der Waals surface area contributed by atoms with Crippen LogP contribution < -0.4 is 0 Å². The highest BCUT2D eigenvalue weighted by Crippen LogP contribution is 2.43. The summed E-state index contributed by atoms with van der Waals surface area (Å²) in [5, 5.41) is 6.55. The molecule has 0 bridgehead atoms.